The predicted molar refractivity (Wildman–Crippen MR) is 127 cm³/mol. The van der Waals surface area contributed by atoms with Crippen molar-refractivity contribution in [1.29, 1.82) is 0 Å². The van der Waals surface area contributed by atoms with Gasteiger partial charge in [0.2, 0.25) is 15.6 Å². The first kappa shape index (κ1) is 29.5. The van der Waals surface area contributed by atoms with E-state index in [9.17, 15) is 19.2 Å². The van der Waals surface area contributed by atoms with Gasteiger partial charge in [-0.15, -0.1) is 6.58 Å². The molecule has 0 unspecified atom stereocenters. The molecular weight excluding hydrogens is 495 g/mol. The number of rotatable bonds is 10. The zero-order valence-electron chi connectivity index (χ0n) is 19.3. The van der Waals surface area contributed by atoms with Crippen LogP contribution in [-0.4, -0.2) is 63.8 Å². The summed E-state index contributed by atoms with van der Waals surface area (Å²) in [6.45, 7) is 10.4. The molecule has 0 radical (unpaired) electrons. The highest BCUT2D eigenvalue weighted by atomic mass is 35.6. The van der Waals surface area contributed by atoms with Crippen molar-refractivity contribution < 1.29 is 23.9 Å². The van der Waals surface area contributed by atoms with Crippen molar-refractivity contribution in [1.82, 2.24) is 21.1 Å². The molecule has 1 rings (SSSR count). The Morgan fingerprint density at radius 2 is 1.79 bits per heavy atom. The third-order valence-electron chi connectivity index (χ3n) is 5.06. The lowest BCUT2D eigenvalue weighted by molar-refractivity contribution is -0.152. The van der Waals surface area contributed by atoms with E-state index >= 15 is 0 Å². The van der Waals surface area contributed by atoms with Crippen molar-refractivity contribution in [2.45, 2.75) is 68.9 Å². The van der Waals surface area contributed by atoms with Gasteiger partial charge < -0.3 is 15.4 Å². The Kier molecular flexibility index (Phi) is 11.9. The molecule has 1 fully saturated rings. The quantitative estimate of drug-likeness (QED) is 0.228. The summed E-state index contributed by atoms with van der Waals surface area (Å²) in [5.74, 6) is -2.34. The van der Waals surface area contributed by atoms with Crippen molar-refractivity contribution in [2.24, 2.45) is 11.8 Å². The highest BCUT2D eigenvalue weighted by Crippen LogP contribution is 2.26. The second kappa shape index (κ2) is 13.4. The van der Waals surface area contributed by atoms with Gasteiger partial charge in [-0.05, 0) is 32.1 Å². The van der Waals surface area contributed by atoms with Gasteiger partial charge in [-0.1, -0.05) is 61.7 Å². The Bertz CT molecular complexity index is 729. The first-order chi connectivity index (χ1) is 15.3. The second-order valence-corrected chi connectivity index (χ2v) is 10.9. The van der Waals surface area contributed by atoms with Crippen molar-refractivity contribution in [3.63, 3.8) is 0 Å². The van der Waals surface area contributed by atoms with Crippen LogP contribution in [0.1, 0.15) is 47.0 Å². The molecule has 3 N–H and O–H groups in total. The molecule has 12 heteroatoms. The Labute approximate surface area is 209 Å². The van der Waals surface area contributed by atoms with E-state index < -0.39 is 46.3 Å². The molecule has 0 aliphatic carbocycles. The Hall–Kier alpha value is -1.55. The molecule has 188 valence electrons. The molecule has 0 bridgehead atoms. The van der Waals surface area contributed by atoms with Crippen LogP contribution in [0.3, 0.4) is 0 Å². The number of carbonyl (C=O) groups excluding carboxylic acids is 4. The van der Waals surface area contributed by atoms with Crippen LogP contribution in [0.5, 0.6) is 0 Å². The molecule has 1 aliphatic rings. The summed E-state index contributed by atoms with van der Waals surface area (Å²) in [6, 6.07) is -2.49. The van der Waals surface area contributed by atoms with Crippen LogP contribution in [0, 0.1) is 11.8 Å². The first-order valence-corrected chi connectivity index (χ1v) is 11.9. The number of nitrogens with zero attached hydrogens (tertiary/aromatic N) is 1. The maximum Gasteiger partial charge on any atom is 0.325 e. The van der Waals surface area contributed by atoms with Gasteiger partial charge in [-0.25, -0.2) is 5.43 Å². The molecule has 0 aromatic heterocycles. The zero-order valence-corrected chi connectivity index (χ0v) is 21.6. The summed E-state index contributed by atoms with van der Waals surface area (Å²) >= 11 is 16.8. The van der Waals surface area contributed by atoms with Crippen molar-refractivity contribution in [3.8, 4) is 0 Å². The van der Waals surface area contributed by atoms with E-state index in [1.165, 1.54) is 11.9 Å². The van der Waals surface area contributed by atoms with Gasteiger partial charge in [-0.2, -0.15) is 0 Å². The molecule has 3 amide bonds. The fraction of sp³-hybridized carbons (Fsp3) is 0.714. The van der Waals surface area contributed by atoms with Gasteiger partial charge in [0.05, 0.1) is 0 Å². The number of amides is 3. The van der Waals surface area contributed by atoms with Crippen molar-refractivity contribution in [3.05, 3.63) is 12.7 Å². The number of alkyl halides is 3. The zero-order chi connectivity index (χ0) is 25.3. The molecule has 0 aromatic carbocycles. The number of carbonyl (C=O) groups is 4. The molecule has 0 spiro atoms. The maximum absolute atomic E-state index is 12.9. The minimum atomic E-state index is -1.73. The molecule has 4 atom stereocenters. The van der Waals surface area contributed by atoms with E-state index in [2.05, 4.69) is 22.6 Å². The maximum atomic E-state index is 12.9. The third kappa shape index (κ3) is 10.1. The highest BCUT2D eigenvalue weighted by Gasteiger charge is 2.34. The van der Waals surface area contributed by atoms with Gasteiger partial charge in [0.15, 0.2) is 0 Å². The van der Waals surface area contributed by atoms with Gasteiger partial charge in [-0.3, -0.25) is 24.2 Å². The van der Waals surface area contributed by atoms with Crippen LogP contribution in [0.4, 0.5) is 0 Å². The minimum Gasteiger partial charge on any atom is -0.460 e. The average Bonchev–Trinajstić information content (AvgIpc) is 2.74. The van der Waals surface area contributed by atoms with E-state index in [0.717, 1.165) is 0 Å². The number of esters is 1. The van der Waals surface area contributed by atoms with Crippen molar-refractivity contribution in [2.75, 3.05) is 13.2 Å². The average molecular weight is 528 g/mol. The summed E-state index contributed by atoms with van der Waals surface area (Å²) in [6.07, 6.45) is 3.10. The van der Waals surface area contributed by atoms with Gasteiger partial charge >= 0.3 is 5.97 Å². The van der Waals surface area contributed by atoms with Crippen LogP contribution < -0.4 is 16.1 Å². The van der Waals surface area contributed by atoms with E-state index in [1.54, 1.807) is 26.8 Å². The Balaban J connectivity index is 2.70. The van der Waals surface area contributed by atoms with Crippen LogP contribution in [0.15, 0.2) is 12.7 Å². The molecule has 9 nitrogen and oxygen atoms in total. The van der Waals surface area contributed by atoms with E-state index in [0.29, 0.717) is 25.8 Å². The number of allylic oxidation sites excluding steroid dienone is 1. The Morgan fingerprint density at radius 3 is 2.33 bits per heavy atom. The lowest BCUT2D eigenvalue weighted by Crippen LogP contribution is -2.61. The summed E-state index contributed by atoms with van der Waals surface area (Å²) in [5, 5.41) is 6.66. The van der Waals surface area contributed by atoms with E-state index in [4.69, 9.17) is 39.5 Å². The van der Waals surface area contributed by atoms with Gasteiger partial charge in [0, 0.05) is 12.5 Å². The lowest BCUT2D eigenvalue weighted by Gasteiger charge is -2.34. The van der Waals surface area contributed by atoms with E-state index in [-0.39, 0.29) is 17.7 Å². The van der Waals surface area contributed by atoms with Crippen LogP contribution in [0.2, 0.25) is 0 Å². The molecule has 33 heavy (non-hydrogen) atoms. The normalized spacial score (nSPS) is 19.3. The molecule has 1 saturated heterocycles. The highest BCUT2D eigenvalue weighted by molar-refractivity contribution is 6.67. The molecule has 0 aromatic rings. The summed E-state index contributed by atoms with van der Waals surface area (Å²) < 4.78 is 3.25. The summed E-state index contributed by atoms with van der Waals surface area (Å²) in [7, 11) is 0. The second-order valence-electron chi connectivity index (χ2n) is 8.42. The monoisotopic (exact) mass is 526 g/mol. The summed E-state index contributed by atoms with van der Waals surface area (Å²) in [5.41, 5.74) is 2.81. The number of ether oxygens (including phenoxy) is 1. The summed E-state index contributed by atoms with van der Waals surface area (Å²) in [4.78, 5) is 50.2. The Morgan fingerprint density at radius 1 is 1.15 bits per heavy atom. The molecule has 1 aliphatic heterocycles. The first-order valence-electron chi connectivity index (χ1n) is 10.8. The standard InChI is InChI=1S/C21H33Cl3N4O5/c1-6-8-13(4)17(29)26-16(12(2)3)18(30)25-14(5)19(31)28-10-7-9-15(27-28)20(32)33-11-21(22,23)24/h6,12-16,27H,1,7-11H2,2-5H3,(H,25,30)(H,26,29)/t13-,14+,15+,16+/m1/s1. The number of hydrogen-bond donors (Lipinski definition) is 3. The SMILES string of the molecule is C=CC[C@@H](C)C(=O)N[C@H](C(=O)N[C@@H](C)C(=O)N1CCC[C@@H](C(=O)OCC(Cl)(Cl)Cl)N1)C(C)C. The lowest BCUT2D eigenvalue weighted by atomic mass is 10.0. The predicted octanol–water partition coefficient (Wildman–Crippen LogP) is 2.25. The fourth-order valence-corrected chi connectivity index (χ4v) is 3.32. The van der Waals surface area contributed by atoms with Crippen molar-refractivity contribution >= 4 is 58.5 Å². The van der Waals surface area contributed by atoms with Gasteiger partial charge in [0.25, 0.3) is 5.91 Å². The number of halogens is 3. The minimum absolute atomic E-state index is 0.197. The van der Waals surface area contributed by atoms with Crippen LogP contribution in [0.25, 0.3) is 0 Å². The topological polar surface area (TPSA) is 117 Å². The third-order valence-corrected chi connectivity index (χ3v) is 5.39. The van der Waals surface area contributed by atoms with E-state index in [1.807, 2.05) is 0 Å². The number of hydrazine groups is 1. The van der Waals surface area contributed by atoms with Crippen LogP contribution >= 0.6 is 34.8 Å². The fourth-order valence-electron chi connectivity index (χ4n) is 3.15. The number of hydrogen-bond acceptors (Lipinski definition) is 6. The smallest absolute Gasteiger partial charge is 0.325 e. The van der Waals surface area contributed by atoms with Crippen LogP contribution in [-0.2, 0) is 23.9 Å². The molecule has 0 saturated carbocycles. The number of nitrogens with one attached hydrogen (secondary N) is 3. The largest absolute Gasteiger partial charge is 0.460 e. The van der Waals surface area contributed by atoms with Gasteiger partial charge in [0.1, 0.15) is 24.7 Å². The molecular formula is C21H33Cl3N4O5. The molecule has 1 heterocycles.